The van der Waals surface area contributed by atoms with Crippen molar-refractivity contribution >= 4 is 15.9 Å². The number of nitrogens with zero attached hydrogens (tertiary/aromatic N) is 2. The third-order valence-electron chi connectivity index (χ3n) is 1.88. The molecule has 0 amide bonds. The summed E-state index contributed by atoms with van der Waals surface area (Å²) in [7, 11) is 0. The molecule has 0 radical (unpaired) electrons. The molecule has 2 aromatic rings. The van der Waals surface area contributed by atoms with Gasteiger partial charge >= 0.3 is 0 Å². The molecule has 0 saturated heterocycles. The molecule has 0 saturated carbocycles. The lowest BCUT2D eigenvalue weighted by Gasteiger charge is -2.06. The fourth-order valence-corrected chi connectivity index (χ4v) is 1.54. The van der Waals surface area contributed by atoms with Gasteiger partial charge in [-0.2, -0.15) is 0 Å². The smallest absolute Gasteiger partial charge is 0.152 e. The highest BCUT2D eigenvalue weighted by Crippen LogP contribution is 2.22. The van der Waals surface area contributed by atoms with Gasteiger partial charge in [0, 0.05) is 18.0 Å². The van der Waals surface area contributed by atoms with Crippen molar-refractivity contribution in [3.63, 3.8) is 0 Å². The molecule has 0 aliphatic rings. The Morgan fingerprint density at radius 1 is 1.38 bits per heavy atom. The number of ether oxygens (including phenoxy) is 1. The Balaban J connectivity index is 2.05. The van der Waals surface area contributed by atoms with Gasteiger partial charge in [-0.15, -0.1) is 0 Å². The molecule has 0 aliphatic carbocycles. The number of hydrogen-bond acceptors (Lipinski definition) is 3. The average Bonchev–Trinajstić information content (AvgIpc) is 2.28. The van der Waals surface area contributed by atoms with E-state index in [2.05, 4.69) is 25.9 Å². The molecule has 2 rings (SSSR count). The second-order valence-corrected chi connectivity index (χ2v) is 3.84. The summed E-state index contributed by atoms with van der Waals surface area (Å²) in [5.74, 6) is 0.248. The van der Waals surface area contributed by atoms with Gasteiger partial charge in [0.15, 0.2) is 5.75 Å². The van der Waals surface area contributed by atoms with Gasteiger partial charge in [-0.05, 0) is 34.1 Å². The fourth-order valence-electron chi connectivity index (χ4n) is 1.17. The van der Waals surface area contributed by atoms with Crippen molar-refractivity contribution in [3.8, 4) is 5.75 Å². The van der Waals surface area contributed by atoms with Gasteiger partial charge in [0.05, 0.1) is 6.20 Å². The Labute approximate surface area is 100 Å². The fraction of sp³-hybridized carbons (Fsp3) is 0.0909. The molecule has 2 aromatic heterocycles. The average molecular weight is 283 g/mol. The van der Waals surface area contributed by atoms with Gasteiger partial charge in [-0.25, -0.2) is 9.37 Å². The second-order valence-electron chi connectivity index (χ2n) is 3.09. The minimum Gasteiger partial charge on any atom is -0.486 e. The van der Waals surface area contributed by atoms with Crippen LogP contribution in [0.4, 0.5) is 4.39 Å². The third-order valence-corrected chi connectivity index (χ3v) is 2.48. The molecule has 5 heteroatoms. The number of aromatic nitrogens is 2. The van der Waals surface area contributed by atoms with Gasteiger partial charge < -0.3 is 4.74 Å². The summed E-state index contributed by atoms with van der Waals surface area (Å²) in [4.78, 5) is 7.75. The van der Waals surface area contributed by atoms with Crippen LogP contribution in [0.3, 0.4) is 0 Å². The van der Waals surface area contributed by atoms with E-state index >= 15 is 0 Å². The molecule has 0 unspecified atom stereocenters. The van der Waals surface area contributed by atoms with Gasteiger partial charge in [0.2, 0.25) is 0 Å². The van der Waals surface area contributed by atoms with Crippen LogP contribution in [-0.4, -0.2) is 9.97 Å². The lowest BCUT2D eigenvalue weighted by molar-refractivity contribution is 0.301. The van der Waals surface area contributed by atoms with Crippen molar-refractivity contribution in [2.24, 2.45) is 0 Å². The molecule has 82 valence electrons. The van der Waals surface area contributed by atoms with Crippen LogP contribution in [0.2, 0.25) is 0 Å². The van der Waals surface area contributed by atoms with Crippen LogP contribution < -0.4 is 4.74 Å². The summed E-state index contributed by atoms with van der Waals surface area (Å²) < 4.78 is 18.9. The van der Waals surface area contributed by atoms with E-state index in [0.717, 1.165) is 6.20 Å². The molecule has 0 spiro atoms. The minimum atomic E-state index is -0.369. The van der Waals surface area contributed by atoms with Gasteiger partial charge in [-0.1, -0.05) is 0 Å². The third kappa shape index (κ3) is 2.76. The Morgan fingerprint density at radius 2 is 2.25 bits per heavy atom. The van der Waals surface area contributed by atoms with E-state index in [9.17, 15) is 4.39 Å². The minimum absolute atomic E-state index is 0.259. The summed E-state index contributed by atoms with van der Waals surface area (Å²) in [5.41, 5.74) is 0.677. The highest BCUT2D eigenvalue weighted by atomic mass is 79.9. The lowest BCUT2D eigenvalue weighted by Crippen LogP contribution is -1.97. The van der Waals surface area contributed by atoms with E-state index in [4.69, 9.17) is 4.74 Å². The summed E-state index contributed by atoms with van der Waals surface area (Å²) in [6.45, 7) is 0.259. The first-order chi connectivity index (χ1) is 7.75. The van der Waals surface area contributed by atoms with Crippen LogP contribution in [0.5, 0.6) is 5.75 Å². The predicted octanol–water partition coefficient (Wildman–Crippen LogP) is 2.96. The molecule has 0 aliphatic heterocycles. The van der Waals surface area contributed by atoms with E-state index in [1.165, 1.54) is 6.07 Å². The maximum Gasteiger partial charge on any atom is 0.152 e. The van der Waals surface area contributed by atoms with Gasteiger partial charge in [0.1, 0.15) is 17.0 Å². The summed E-state index contributed by atoms with van der Waals surface area (Å²) >= 11 is 3.26. The number of halogens is 2. The maximum absolute atomic E-state index is 12.8. The van der Waals surface area contributed by atoms with Crippen molar-refractivity contribution in [1.29, 1.82) is 0 Å². The number of pyridine rings is 2. The molecule has 0 fully saturated rings. The van der Waals surface area contributed by atoms with Crippen molar-refractivity contribution in [1.82, 2.24) is 9.97 Å². The number of hydrogen-bond donors (Lipinski definition) is 0. The van der Waals surface area contributed by atoms with Crippen LogP contribution in [-0.2, 0) is 6.61 Å². The first-order valence-electron chi connectivity index (χ1n) is 4.58. The van der Waals surface area contributed by atoms with Crippen molar-refractivity contribution in [3.05, 3.63) is 52.8 Å². The zero-order chi connectivity index (χ0) is 11.4. The molecule has 0 bridgehead atoms. The van der Waals surface area contributed by atoms with E-state index < -0.39 is 0 Å². The monoisotopic (exact) mass is 282 g/mol. The predicted molar refractivity (Wildman–Crippen MR) is 60.5 cm³/mol. The summed E-state index contributed by atoms with van der Waals surface area (Å²) in [6, 6.07) is 4.94. The molecule has 2 heterocycles. The Morgan fingerprint density at radius 3 is 3.00 bits per heavy atom. The van der Waals surface area contributed by atoms with Crippen LogP contribution in [0.1, 0.15) is 5.56 Å². The molecule has 0 N–H and O–H groups in total. The van der Waals surface area contributed by atoms with Gasteiger partial charge in [-0.3, -0.25) is 4.98 Å². The van der Waals surface area contributed by atoms with Crippen molar-refractivity contribution in [2.45, 2.75) is 6.61 Å². The SMILES string of the molecule is Fc1cncc(COc2cccnc2Br)c1. The zero-order valence-electron chi connectivity index (χ0n) is 8.23. The number of rotatable bonds is 3. The van der Waals surface area contributed by atoms with E-state index in [1.54, 1.807) is 24.5 Å². The summed E-state index contributed by atoms with van der Waals surface area (Å²) in [5, 5.41) is 0. The Kier molecular flexibility index (Phi) is 3.46. The molecular formula is C11H8BrFN2O. The van der Waals surface area contributed by atoms with E-state index in [-0.39, 0.29) is 12.4 Å². The molecule has 16 heavy (non-hydrogen) atoms. The maximum atomic E-state index is 12.8. The molecule has 3 nitrogen and oxygen atoms in total. The lowest BCUT2D eigenvalue weighted by atomic mass is 10.3. The first-order valence-corrected chi connectivity index (χ1v) is 5.38. The van der Waals surface area contributed by atoms with Gasteiger partial charge in [0.25, 0.3) is 0 Å². The Bertz CT molecular complexity index is 493. The highest BCUT2D eigenvalue weighted by molar-refractivity contribution is 9.10. The summed E-state index contributed by atoms with van der Waals surface area (Å²) in [6.07, 6.45) is 4.37. The van der Waals surface area contributed by atoms with Crippen LogP contribution in [0.25, 0.3) is 0 Å². The largest absolute Gasteiger partial charge is 0.486 e. The first kappa shape index (κ1) is 11.0. The standard InChI is InChI=1S/C11H8BrFN2O/c12-11-10(2-1-3-15-11)16-7-8-4-9(13)6-14-5-8/h1-6H,7H2. The van der Waals surface area contributed by atoms with Crippen molar-refractivity contribution in [2.75, 3.05) is 0 Å². The van der Waals surface area contributed by atoms with Crippen molar-refractivity contribution < 1.29 is 9.13 Å². The molecule has 0 aromatic carbocycles. The highest BCUT2D eigenvalue weighted by Gasteiger charge is 2.02. The quantitative estimate of drug-likeness (QED) is 0.812. The van der Waals surface area contributed by atoms with Crippen LogP contribution in [0.15, 0.2) is 41.4 Å². The normalized spacial score (nSPS) is 10.1. The van der Waals surface area contributed by atoms with Crippen LogP contribution >= 0.6 is 15.9 Å². The Hall–Kier alpha value is -1.49. The van der Waals surface area contributed by atoms with E-state index in [1.807, 2.05) is 0 Å². The topological polar surface area (TPSA) is 35.0 Å². The zero-order valence-corrected chi connectivity index (χ0v) is 9.82. The van der Waals surface area contributed by atoms with Crippen LogP contribution in [0, 0.1) is 5.82 Å². The molecule has 0 atom stereocenters. The second kappa shape index (κ2) is 5.03. The molecular weight excluding hydrogens is 275 g/mol. The van der Waals surface area contributed by atoms with E-state index in [0.29, 0.717) is 15.9 Å².